The van der Waals surface area contributed by atoms with Gasteiger partial charge in [0.1, 0.15) is 18.5 Å². The minimum atomic E-state index is -4.06. The third-order valence-corrected chi connectivity index (χ3v) is 6.81. The van der Waals surface area contributed by atoms with Gasteiger partial charge in [-0.3, -0.25) is 9.10 Å². The van der Waals surface area contributed by atoms with Crippen LogP contribution in [0.2, 0.25) is 5.02 Å². The highest BCUT2D eigenvalue weighted by molar-refractivity contribution is 7.92. The van der Waals surface area contributed by atoms with Gasteiger partial charge in [-0.1, -0.05) is 11.6 Å². The fraction of sp³-hybridized carbons (Fsp3) is 0.0476. The van der Waals surface area contributed by atoms with Crippen LogP contribution in [0.15, 0.2) is 78.3 Å². The van der Waals surface area contributed by atoms with E-state index in [9.17, 15) is 17.6 Å². The number of hydrogen-bond acceptors (Lipinski definition) is 6. The Bertz CT molecular complexity index is 1410. The van der Waals surface area contributed by atoms with Crippen LogP contribution in [0.3, 0.4) is 0 Å². The number of rotatable bonds is 6. The Balaban J connectivity index is 1.65. The summed E-state index contributed by atoms with van der Waals surface area (Å²) in [6.45, 7) is 0. The molecule has 9 nitrogen and oxygen atoms in total. The summed E-state index contributed by atoms with van der Waals surface area (Å²) in [5.41, 5.74) is 0.518. The second-order valence-corrected chi connectivity index (χ2v) is 9.14. The lowest BCUT2D eigenvalue weighted by Crippen LogP contribution is -2.27. The van der Waals surface area contributed by atoms with Crippen molar-refractivity contribution in [1.29, 1.82) is 0 Å². The quantitative estimate of drug-likeness (QED) is 0.446. The minimum Gasteiger partial charge on any atom is -0.319 e. The molecule has 4 aromatic rings. The number of aromatic nitrogens is 4. The van der Waals surface area contributed by atoms with Crippen molar-refractivity contribution in [3.63, 3.8) is 0 Å². The van der Waals surface area contributed by atoms with Gasteiger partial charge < -0.3 is 5.32 Å². The van der Waals surface area contributed by atoms with Crippen molar-refractivity contribution < 1.29 is 17.6 Å². The van der Waals surface area contributed by atoms with Gasteiger partial charge in [-0.25, -0.2) is 27.5 Å². The third kappa shape index (κ3) is 4.54. The molecule has 0 spiro atoms. The Morgan fingerprint density at radius 2 is 1.91 bits per heavy atom. The van der Waals surface area contributed by atoms with E-state index in [1.165, 1.54) is 60.9 Å². The van der Waals surface area contributed by atoms with Crippen molar-refractivity contribution >= 4 is 38.9 Å². The van der Waals surface area contributed by atoms with E-state index in [0.29, 0.717) is 11.5 Å². The van der Waals surface area contributed by atoms with Gasteiger partial charge in [0.05, 0.1) is 26.9 Å². The molecule has 0 saturated heterocycles. The number of halogens is 2. The Kier molecular flexibility index (Phi) is 6.07. The molecule has 0 unspecified atom stereocenters. The molecular formula is C21H16ClFN6O3S. The van der Waals surface area contributed by atoms with Gasteiger partial charge in [-0.15, -0.1) is 0 Å². The lowest BCUT2D eigenvalue weighted by atomic mass is 10.2. The van der Waals surface area contributed by atoms with Gasteiger partial charge in [0, 0.05) is 13.2 Å². The molecule has 168 valence electrons. The number of benzene rings is 2. The summed E-state index contributed by atoms with van der Waals surface area (Å²) in [6, 6.07) is 12.0. The summed E-state index contributed by atoms with van der Waals surface area (Å²) in [6.07, 6.45) is 4.27. The van der Waals surface area contributed by atoms with Crippen molar-refractivity contribution in [3.8, 4) is 5.82 Å². The van der Waals surface area contributed by atoms with Gasteiger partial charge in [-0.05, 0) is 54.6 Å². The Labute approximate surface area is 193 Å². The zero-order valence-electron chi connectivity index (χ0n) is 17.1. The van der Waals surface area contributed by atoms with Crippen LogP contribution in [0.4, 0.5) is 15.8 Å². The SMILES string of the molecule is CN(c1ccc(F)cc1)S(=O)(=O)c1ccc(Cl)c(C(=O)Nc2cccnc2-n2cncn2)c1. The molecule has 0 atom stereocenters. The van der Waals surface area contributed by atoms with E-state index >= 15 is 0 Å². The molecule has 1 amide bonds. The van der Waals surface area contributed by atoms with E-state index in [1.807, 2.05) is 0 Å². The number of pyridine rings is 1. The number of hydrogen-bond donors (Lipinski definition) is 1. The molecule has 0 fully saturated rings. The highest BCUT2D eigenvalue weighted by Crippen LogP contribution is 2.27. The van der Waals surface area contributed by atoms with Gasteiger partial charge in [0.2, 0.25) is 0 Å². The van der Waals surface area contributed by atoms with Crippen LogP contribution < -0.4 is 9.62 Å². The molecule has 33 heavy (non-hydrogen) atoms. The summed E-state index contributed by atoms with van der Waals surface area (Å²) < 4.78 is 41.8. The van der Waals surface area contributed by atoms with Crippen molar-refractivity contribution in [2.24, 2.45) is 0 Å². The van der Waals surface area contributed by atoms with Gasteiger partial charge >= 0.3 is 0 Å². The molecule has 2 heterocycles. The van der Waals surface area contributed by atoms with E-state index in [1.54, 1.807) is 12.1 Å². The Hall–Kier alpha value is -3.83. The number of nitrogens with one attached hydrogen (secondary N) is 1. The number of amides is 1. The van der Waals surface area contributed by atoms with Crippen LogP contribution in [-0.2, 0) is 10.0 Å². The molecule has 2 aromatic heterocycles. The first-order valence-corrected chi connectivity index (χ1v) is 11.2. The van der Waals surface area contributed by atoms with Gasteiger partial charge in [0.15, 0.2) is 5.82 Å². The molecule has 0 aliphatic rings. The van der Waals surface area contributed by atoms with E-state index in [4.69, 9.17) is 11.6 Å². The second-order valence-electron chi connectivity index (χ2n) is 6.76. The van der Waals surface area contributed by atoms with Crippen LogP contribution in [0.1, 0.15) is 10.4 Å². The molecular weight excluding hydrogens is 471 g/mol. The van der Waals surface area contributed by atoms with Crippen LogP contribution >= 0.6 is 11.6 Å². The molecule has 0 aliphatic heterocycles. The minimum absolute atomic E-state index is 0.0568. The lowest BCUT2D eigenvalue weighted by Gasteiger charge is -2.20. The predicted molar refractivity (Wildman–Crippen MR) is 121 cm³/mol. The smallest absolute Gasteiger partial charge is 0.264 e. The van der Waals surface area contributed by atoms with Crippen LogP contribution in [-0.4, -0.2) is 41.1 Å². The first-order valence-electron chi connectivity index (χ1n) is 9.43. The summed E-state index contributed by atoms with van der Waals surface area (Å²) in [5, 5.41) is 6.74. The maximum atomic E-state index is 13.2. The number of nitrogens with zero attached hydrogens (tertiary/aromatic N) is 5. The molecule has 12 heteroatoms. The standard InChI is InChI=1S/C21H16ClFN6O3S/c1-28(15-6-4-14(23)5-7-15)33(31,32)16-8-9-18(22)17(11-16)21(30)27-19-3-2-10-25-20(19)29-13-24-12-26-29/h2-13H,1H3,(H,27,30). The van der Waals surface area contributed by atoms with Gasteiger partial charge in [0.25, 0.3) is 15.9 Å². The molecule has 0 aliphatic carbocycles. The number of carbonyl (C=O) groups excluding carboxylic acids is 1. The van der Waals surface area contributed by atoms with Crippen LogP contribution in [0.25, 0.3) is 5.82 Å². The summed E-state index contributed by atoms with van der Waals surface area (Å²) in [7, 11) is -2.73. The predicted octanol–water partition coefficient (Wildman–Crippen LogP) is 3.53. The van der Waals surface area contributed by atoms with Crippen molar-refractivity contribution in [3.05, 3.63) is 89.9 Å². The van der Waals surface area contributed by atoms with Crippen LogP contribution in [0.5, 0.6) is 0 Å². The summed E-state index contributed by atoms with van der Waals surface area (Å²) >= 11 is 6.21. The Morgan fingerprint density at radius 3 is 2.61 bits per heavy atom. The van der Waals surface area contributed by atoms with E-state index in [0.717, 1.165) is 16.4 Å². The molecule has 4 rings (SSSR count). The maximum Gasteiger partial charge on any atom is 0.264 e. The molecule has 0 saturated carbocycles. The van der Waals surface area contributed by atoms with Crippen molar-refractivity contribution in [1.82, 2.24) is 19.7 Å². The first kappa shape index (κ1) is 22.4. The monoisotopic (exact) mass is 486 g/mol. The van der Waals surface area contributed by atoms with E-state index in [2.05, 4.69) is 20.4 Å². The van der Waals surface area contributed by atoms with Crippen LogP contribution in [0, 0.1) is 5.82 Å². The highest BCUT2D eigenvalue weighted by atomic mass is 35.5. The first-order chi connectivity index (χ1) is 15.8. The largest absolute Gasteiger partial charge is 0.319 e. The zero-order chi connectivity index (χ0) is 23.6. The normalized spacial score (nSPS) is 11.2. The number of carbonyl (C=O) groups is 1. The second kappa shape index (κ2) is 8.96. The average molecular weight is 487 g/mol. The fourth-order valence-corrected chi connectivity index (χ4v) is 4.40. The fourth-order valence-electron chi connectivity index (χ4n) is 2.97. The third-order valence-electron chi connectivity index (χ3n) is 4.70. The highest BCUT2D eigenvalue weighted by Gasteiger charge is 2.24. The van der Waals surface area contributed by atoms with Crippen molar-refractivity contribution in [2.45, 2.75) is 4.90 Å². The molecule has 1 N–H and O–H groups in total. The maximum absolute atomic E-state index is 13.2. The molecule has 0 bridgehead atoms. The van der Waals surface area contributed by atoms with E-state index < -0.39 is 21.7 Å². The summed E-state index contributed by atoms with van der Waals surface area (Å²) in [4.78, 5) is 20.9. The summed E-state index contributed by atoms with van der Waals surface area (Å²) in [5.74, 6) is -0.814. The Morgan fingerprint density at radius 1 is 1.15 bits per heavy atom. The number of anilines is 2. The lowest BCUT2D eigenvalue weighted by molar-refractivity contribution is 0.102. The molecule has 2 aromatic carbocycles. The zero-order valence-corrected chi connectivity index (χ0v) is 18.6. The average Bonchev–Trinajstić information content (AvgIpc) is 3.34. The van der Waals surface area contributed by atoms with Gasteiger partial charge in [-0.2, -0.15) is 5.10 Å². The topological polar surface area (TPSA) is 110 Å². The number of sulfonamides is 1. The molecule has 0 radical (unpaired) electrons. The van der Waals surface area contributed by atoms with E-state index in [-0.39, 0.29) is 21.2 Å². The van der Waals surface area contributed by atoms with Crippen molar-refractivity contribution in [2.75, 3.05) is 16.7 Å².